The van der Waals surface area contributed by atoms with Gasteiger partial charge in [0.05, 0.1) is 4.58 Å². The molecule has 0 aliphatic carbocycles. The van der Waals surface area contributed by atoms with Gasteiger partial charge in [0.25, 0.3) is 0 Å². The van der Waals surface area contributed by atoms with Crippen LogP contribution in [0.1, 0.15) is 29.9 Å². The molecule has 6 heteroatoms. The minimum absolute atomic E-state index is 0.0788. The van der Waals surface area contributed by atoms with Crippen LogP contribution in [0.4, 0.5) is 5.69 Å². The molecule has 114 valence electrons. The molecule has 0 unspecified atom stereocenters. The molecule has 1 aliphatic heterocycles. The third-order valence-corrected chi connectivity index (χ3v) is 6.01. The Kier molecular flexibility index (Phi) is 6.45. The van der Waals surface area contributed by atoms with Crippen LogP contribution in [0.3, 0.4) is 0 Å². The molecule has 21 heavy (non-hydrogen) atoms. The van der Waals surface area contributed by atoms with Crippen LogP contribution >= 0.6 is 23.5 Å². The average Bonchev–Trinajstić information content (AvgIpc) is 2.48. The molecule has 1 saturated heterocycles. The summed E-state index contributed by atoms with van der Waals surface area (Å²) in [6, 6.07) is 8.04. The monoisotopic (exact) mass is 324 g/mol. The minimum Gasteiger partial charge on any atom is -0.356 e. The van der Waals surface area contributed by atoms with E-state index >= 15 is 0 Å². The largest absolute Gasteiger partial charge is 0.356 e. The lowest BCUT2D eigenvalue weighted by atomic mass is 10.2. The predicted octanol–water partition coefficient (Wildman–Crippen LogP) is 3.02. The second-order valence-corrected chi connectivity index (χ2v) is 7.56. The summed E-state index contributed by atoms with van der Waals surface area (Å²) in [5.74, 6) is 2.21. The number of rotatable bonds is 5. The molecule has 1 aliphatic rings. The van der Waals surface area contributed by atoms with Crippen LogP contribution in [0.2, 0.25) is 0 Å². The first-order valence-electron chi connectivity index (χ1n) is 7.02. The third-order valence-electron chi connectivity index (χ3n) is 3.00. The van der Waals surface area contributed by atoms with Crippen LogP contribution in [0.25, 0.3) is 0 Å². The Hall–Kier alpha value is -1.14. The first-order valence-corrected chi connectivity index (χ1v) is 9.12. The lowest BCUT2D eigenvalue weighted by molar-refractivity contribution is -0.119. The summed E-state index contributed by atoms with van der Waals surface area (Å²) in [6.07, 6.45) is 1.56. The van der Waals surface area contributed by atoms with Crippen molar-refractivity contribution in [2.24, 2.45) is 0 Å². The van der Waals surface area contributed by atoms with Crippen LogP contribution in [-0.2, 0) is 9.59 Å². The fraction of sp³-hybridized carbons (Fsp3) is 0.467. The van der Waals surface area contributed by atoms with Gasteiger partial charge >= 0.3 is 0 Å². The highest BCUT2D eigenvalue weighted by Gasteiger charge is 2.16. The standard InChI is InChI=1S/C15H20N2O2S2/c1-11(18)16-7-6-14(19)17-13-5-2-4-12(10-13)15-20-8-3-9-21-15/h2,4-5,10,15H,3,6-9H2,1H3,(H,16,18)(H,17,19). The molecular formula is C15H20N2O2S2. The van der Waals surface area contributed by atoms with Crippen molar-refractivity contribution in [3.63, 3.8) is 0 Å². The zero-order chi connectivity index (χ0) is 15.1. The van der Waals surface area contributed by atoms with Crippen LogP contribution < -0.4 is 10.6 Å². The smallest absolute Gasteiger partial charge is 0.226 e. The van der Waals surface area contributed by atoms with Gasteiger partial charge in [-0.1, -0.05) is 12.1 Å². The van der Waals surface area contributed by atoms with Crippen LogP contribution in [-0.4, -0.2) is 29.9 Å². The number of amides is 2. The molecule has 2 amide bonds. The van der Waals surface area contributed by atoms with Crippen molar-refractivity contribution in [1.82, 2.24) is 5.32 Å². The van der Waals surface area contributed by atoms with Gasteiger partial charge in [-0.15, -0.1) is 23.5 Å². The maximum atomic E-state index is 11.8. The van der Waals surface area contributed by atoms with Crippen molar-refractivity contribution in [2.75, 3.05) is 23.4 Å². The second kappa shape index (κ2) is 8.34. The van der Waals surface area contributed by atoms with E-state index in [1.807, 2.05) is 41.7 Å². The third kappa shape index (κ3) is 5.63. The predicted molar refractivity (Wildman–Crippen MR) is 90.6 cm³/mol. The molecule has 1 fully saturated rings. The molecule has 0 aromatic heterocycles. The molecule has 4 nitrogen and oxygen atoms in total. The van der Waals surface area contributed by atoms with Crippen LogP contribution in [0.5, 0.6) is 0 Å². The van der Waals surface area contributed by atoms with Crippen molar-refractivity contribution >= 4 is 41.0 Å². The fourth-order valence-corrected chi connectivity index (χ4v) is 4.89. The molecule has 1 aromatic rings. The van der Waals surface area contributed by atoms with Crippen molar-refractivity contribution in [3.05, 3.63) is 29.8 Å². The molecule has 1 aromatic carbocycles. The zero-order valence-electron chi connectivity index (χ0n) is 12.1. The molecule has 0 bridgehead atoms. The van der Waals surface area contributed by atoms with Crippen molar-refractivity contribution in [3.8, 4) is 0 Å². The van der Waals surface area contributed by atoms with Crippen LogP contribution in [0.15, 0.2) is 24.3 Å². The number of benzene rings is 1. The molecular weight excluding hydrogens is 304 g/mol. The van der Waals surface area contributed by atoms with Gasteiger partial charge in [0.2, 0.25) is 11.8 Å². The molecule has 1 heterocycles. The van der Waals surface area contributed by atoms with E-state index in [-0.39, 0.29) is 18.2 Å². The van der Waals surface area contributed by atoms with E-state index in [1.54, 1.807) is 0 Å². The number of carbonyl (C=O) groups excluding carboxylic acids is 2. The molecule has 0 saturated carbocycles. The highest BCUT2D eigenvalue weighted by molar-refractivity contribution is 8.16. The Bertz CT molecular complexity index is 502. The van der Waals surface area contributed by atoms with Gasteiger partial charge in [0.1, 0.15) is 0 Å². The average molecular weight is 324 g/mol. The summed E-state index contributed by atoms with van der Waals surface area (Å²) in [4.78, 5) is 22.6. The van der Waals surface area contributed by atoms with Gasteiger partial charge in [0, 0.05) is 25.6 Å². The van der Waals surface area contributed by atoms with E-state index in [2.05, 4.69) is 16.7 Å². The van der Waals surface area contributed by atoms with Gasteiger partial charge in [-0.25, -0.2) is 0 Å². The molecule has 0 spiro atoms. The maximum Gasteiger partial charge on any atom is 0.226 e. The van der Waals surface area contributed by atoms with E-state index < -0.39 is 0 Å². The van der Waals surface area contributed by atoms with Gasteiger partial charge in [-0.3, -0.25) is 9.59 Å². The Morgan fingerprint density at radius 2 is 2.05 bits per heavy atom. The summed E-state index contributed by atoms with van der Waals surface area (Å²) in [6.45, 7) is 1.82. The van der Waals surface area contributed by atoms with Crippen molar-refractivity contribution in [1.29, 1.82) is 0 Å². The van der Waals surface area contributed by atoms with E-state index in [0.717, 1.165) is 5.69 Å². The van der Waals surface area contributed by atoms with Gasteiger partial charge in [-0.2, -0.15) is 0 Å². The number of hydrogen-bond acceptors (Lipinski definition) is 4. The molecule has 2 N–H and O–H groups in total. The first kappa shape index (κ1) is 16.2. The van der Waals surface area contributed by atoms with E-state index in [1.165, 1.54) is 30.4 Å². The minimum atomic E-state index is -0.115. The summed E-state index contributed by atoms with van der Waals surface area (Å²) in [5, 5.41) is 5.51. The summed E-state index contributed by atoms with van der Waals surface area (Å²) >= 11 is 3.93. The Morgan fingerprint density at radius 1 is 1.29 bits per heavy atom. The number of anilines is 1. The number of carbonyl (C=O) groups is 2. The quantitative estimate of drug-likeness (QED) is 0.874. The SMILES string of the molecule is CC(=O)NCCC(=O)Nc1cccc(C2SCCCS2)c1. The Labute approximate surface area is 133 Å². The van der Waals surface area contributed by atoms with E-state index in [9.17, 15) is 9.59 Å². The second-order valence-electron chi connectivity index (χ2n) is 4.83. The molecule has 0 radical (unpaired) electrons. The van der Waals surface area contributed by atoms with E-state index in [4.69, 9.17) is 0 Å². The highest BCUT2D eigenvalue weighted by Crippen LogP contribution is 2.43. The number of nitrogens with one attached hydrogen (secondary N) is 2. The summed E-state index contributed by atoms with van der Waals surface area (Å²) < 4.78 is 0.468. The van der Waals surface area contributed by atoms with E-state index in [0.29, 0.717) is 11.1 Å². The Morgan fingerprint density at radius 3 is 2.76 bits per heavy atom. The number of hydrogen-bond donors (Lipinski definition) is 2. The van der Waals surface area contributed by atoms with Gasteiger partial charge < -0.3 is 10.6 Å². The normalized spacial score (nSPS) is 15.5. The van der Waals surface area contributed by atoms with Crippen molar-refractivity contribution < 1.29 is 9.59 Å². The first-order chi connectivity index (χ1) is 10.1. The van der Waals surface area contributed by atoms with Crippen LogP contribution in [0, 0.1) is 0 Å². The zero-order valence-corrected chi connectivity index (χ0v) is 13.7. The van der Waals surface area contributed by atoms with Crippen molar-refractivity contribution in [2.45, 2.75) is 24.3 Å². The van der Waals surface area contributed by atoms with Gasteiger partial charge in [0.15, 0.2) is 0 Å². The fourth-order valence-electron chi connectivity index (χ4n) is 2.02. The maximum absolute atomic E-state index is 11.8. The molecule has 2 rings (SSSR count). The van der Waals surface area contributed by atoms with Gasteiger partial charge in [-0.05, 0) is 35.6 Å². The Balaban J connectivity index is 1.88. The number of thioether (sulfide) groups is 2. The lowest BCUT2D eigenvalue weighted by Crippen LogP contribution is -2.25. The molecule has 0 atom stereocenters. The topological polar surface area (TPSA) is 58.2 Å². The lowest BCUT2D eigenvalue weighted by Gasteiger charge is -2.21. The summed E-state index contributed by atoms with van der Waals surface area (Å²) in [5.41, 5.74) is 2.08. The summed E-state index contributed by atoms with van der Waals surface area (Å²) in [7, 11) is 0. The highest BCUT2D eigenvalue weighted by atomic mass is 32.2.